The van der Waals surface area contributed by atoms with Gasteiger partial charge in [-0.15, -0.1) is 0 Å². The highest BCUT2D eigenvalue weighted by atomic mass is 16.5. The number of amides is 1. The average molecular weight is 549 g/mol. The predicted molar refractivity (Wildman–Crippen MR) is 154 cm³/mol. The largest absolute Gasteiger partial charge is 0.493 e. The second-order valence-electron chi connectivity index (χ2n) is 11.7. The first-order chi connectivity index (χ1) is 18.5. The lowest BCUT2D eigenvalue weighted by molar-refractivity contribution is -0.129. The summed E-state index contributed by atoms with van der Waals surface area (Å²) in [7, 11) is 1.65. The van der Waals surface area contributed by atoms with E-state index in [1.807, 2.05) is 32.0 Å². The zero-order valence-corrected chi connectivity index (χ0v) is 24.9. The van der Waals surface area contributed by atoms with Crippen LogP contribution in [0.1, 0.15) is 82.6 Å². The fourth-order valence-corrected chi connectivity index (χ4v) is 5.16. The number of nitrogens with two attached hydrogens (primary N) is 1. The molecule has 1 saturated heterocycles. The molecule has 4 N–H and O–H groups in total. The van der Waals surface area contributed by atoms with E-state index in [4.69, 9.17) is 19.9 Å². The Labute approximate surface area is 235 Å². The Morgan fingerprint density at radius 1 is 1.10 bits per heavy atom. The van der Waals surface area contributed by atoms with E-state index in [0.717, 1.165) is 31.2 Å². The van der Waals surface area contributed by atoms with E-state index >= 15 is 0 Å². The van der Waals surface area contributed by atoms with Crippen molar-refractivity contribution in [2.75, 3.05) is 33.5 Å². The van der Waals surface area contributed by atoms with Crippen molar-refractivity contribution < 1.29 is 28.9 Å². The molecule has 0 saturated carbocycles. The van der Waals surface area contributed by atoms with E-state index < -0.39 is 12.1 Å². The van der Waals surface area contributed by atoms with Crippen molar-refractivity contribution in [1.29, 1.82) is 0 Å². The lowest BCUT2D eigenvalue weighted by Crippen LogP contribution is -2.46. The highest BCUT2D eigenvalue weighted by Gasteiger charge is 2.31. The van der Waals surface area contributed by atoms with Gasteiger partial charge in [0.05, 0.1) is 18.3 Å². The number of nitrogens with one attached hydrogen (secondary N) is 1. The first kappa shape index (κ1) is 33.2. The average Bonchev–Trinajstić information content (AvgIpc) is 2.89. The number of ether oxygens (including phenoxy) is 3. The number of aliphatic hydroxyl groups excluding tert-OH is 1. The van der Waals surface area contributed by atoms with Crippen LogP contribution in [0.4, 0.5) is 0 Å². The molecule has 0 aromatic heterocycles. The zero-order chi connectivity index (χ0) is 28.9. The Bertz CT molecular complexity index is 884. The molecule has 1 aliphatic heterocycles. The number of ketones is 1. The Morgan fingerprint density at radius 3 is 2.38 bits per heavy atom. The van der Waals surface area contributed by atoms with Crippen molar-refractivity contribution in [3.05, 3.63) is 29.3 Å². The summed E-state index contributed by atoms with van der Waals surface area (Å²) in [5.74, 6) is 0.894. The second kappa shape index (κ2) is 17.0. The molecule has 0 radical (unpaired) electrons. The van der Waals surface area contributed by atoms with E-state index in [1.165, 1.54) is 0 Å². The quantitative estimate of drug-likeness (QED) is 0.198. The minimum atomic E-state index is -0.779. The Balaban J connectivity index is 2.04. The number of rotatable bonds is 17. The summed E-state index contributed by atoms with van der Waals surface area (Å²) in [5, 5.41) is 14.2. The van der Waals surface area contributed by atoms with Gasteiger partial charge in [-0.05, 0) is 74.5 Å². The SMILES string of the molecule is COCCCOc1cc(C[C@@H](C[C@H](N)[C@@H](O)C[C@H](C(=O)NC2CCOCC2)C(C)C)C(C)C)ccc1C(C)=O. The van der Waals surface area contributed by atoms with Crippen molar-refractivity contribution in [2.45, 2.75) is 91.3 Å². The molecule has 8 heteroatoms. The van der Waals surface area contributed by atoms with Crippen molar-refractivity contribution in [1.82, 2.24) is 5.32 Å². The molecular weight excluding hydrogens is 496 g/mol. The molecule has 8 nitrogen and oxygen atoms in total. The van der Waals surface area contributed by atoms with Crippen LogP contribution < -0.4 is 15.8 Å². The number of methoxy groups -OCH3 is 1. The summed E-state index contributed by atoms with van der Waals surface area (Å²) in [6.07, 6.45) is 3.32. The van der Waals surface area contributed by atoms with Crippen LogP contribution in [0.3, 0.4) is 0 Å². The standard InChI is InChI=1S/C31H52N2O6/c1-20(2)24(16-23-8-9-26(22(5)34)30(17-23)39-13-7-12-37-6)18-28(32)29(35)19-27(21(3)4)31(36)33-25-10-14-38-15-11-25/h8-9,17,20-21,24-25,27-29,35H,7,10-16,18-19,32H2,1-6H3,(H,33,36)/t24-,27-,28-,29-/m0/s1. The Morgan fingerprint density at radius 2 is 1.79 bits per heavy atom. The fourth-order valence-electron chi connectivity index (χ4n) is 5.16. The third-order valence-corrected chi connectivity index (χ3v) is 7.89. The van der Waals surface area contributed by atoms with Gasteiger partial charge in [0.15, 0.2) is 5.78 Å². The van der Waals surface area contributed by atoms with Crippen LogP contribution in [0.5, 0.6) is 5.75 Å². The van der Waals surface area contributed by atoms with Crippen molar-refractivity contribution in [3.63, 3.8) is 0 Å². The molecule has 0 bridgehead atoms. The number of aliphatic hydroxyl groups is 1. The van der Waals surface area contributed by atoms with E-state index in [-0.39, 0.29) is 35.5 Å². The normalized spacial score (nSPS) is 17.6. The summed E-state index contributed by atoms with van der Waals surface area (Å²) in [6, 6.07) is 5.45. The molecule has 0 spiro atoms. The molecule has 1 aromatic rings. The van der Waals surface area contributed by atoms with Crippen LogP contribution in [-0.2, 0) is 20.7 Å². The smallest absolute Gasteiger partial charge is 0.223 e. The fraction of sp³-hybridized carbons (Fsp3) is 0.742. The van der Waals surface area contributed by atoms with Gasteiger partial charge in [0.1, 0.15) is 5.75 Å². The number of carbonyl (C=O) groups is 2. The summed E-state index contributed by atoms with van der Waals surface area (Å²) in [6.45, 7) is 12.3. The van der Waals surface area contributed by atoms with Crippen LogP contribution >= 0.6 is 0 Å². The summed E-state index contributed by atoms with van der Waals surface area (Å²) >= 11 is 0. The van der Waals surface area contributed by atoms with Gasteiger partial charge in [-0.2, -0.15) is 0 Å². The van der Waals surface area contributed by atoms with Gasteiger partial charge in [0.2, 0.25) is 5.91 Å². The Hall–Kier alpha value is -2.00. The molecule has 1 amide bonds. The number of carbonyl (C=O) groups excluding carboxylic acids is 2. The van der Waals surface area contributed by atoms with Gasteiger partial charge in [-0.25, -0.2) is 0 Å². The van der Waals surface area contributed by atoms with Gasteiger partial charge in [-0.3, -0.25) is 9.59 Å². The van der Waals surface area contributed by atoms with Gasteiger partial charge >= 0.3 is 0 Å². The first-order valence-corrected chi connectivity index (χ1v) is 14.6. The highest BCUT2D eigenvalue weighted by molar-refractivity contribution is 5.96. The second-order valence-corrected chi connectivity index (χ2v) is 11.7. The maximum Gasteiger partial charge on any atom is 0.223 e. The molecule has 0 aliphatic carbocycles. The lowest BCUT2D eigenvalue weighted by Gasteiger charge is -2.31. The monoisotopic (exact) mass is 548 g/mol. The topological polar surface area (TPSA) is 120 Å². The lowest BCUT2D eigenvalue weighted by atomic mass is 9.80. The van der Waals surface area contributed by atoms with Crippen LogP contribution in [-0.4, -0.2) is 68.5 Å². The minimum Gasteiger partial charge on any atom is -0.493 e. The van der Waals surface area contributed by atoms with E-state index in [9.17, 15) is 14.7 Å². The number of hydrogen-bond acceptors (Lipinski definition) is 7. The maximum atomic E-state index is 13.1. The summed E-state index contributed by atoms with van der Waals surface area (Å²) in [5.41, 5.74) is 8.19. The van der Waals surface area contributed by atoms with E-state index in [1.54, 1.807) is 14.0 Å². The van der Waals surface area contributed by atoms with E-state index in [0.29, 0.717) is 56.5 Å². The summed E-state index contributed by atoms with van der Waals surface area (Å²) in [4.78, 5) is 25.2. The first-order valence-electron chi connectivity index (χ1n) is 14.6. The molecule has 39 heavy (non-hydrogen) atoms. The molecule has 1 fully saturated rings. The molecule has 1 heterocycles. The molecular formula is C31H52N2O6. The van der Waals surface area contributed by atoms with Crippen molar-refractivity contribution in [2.24, 2.45) is 29.4 Å². The van der Waals surface area contributed by atoms with Crippen molar-refractivity contribution >= 4 is 11.7 Å². The molecule has 1 aromatic carbocycles. The number of hydrogen-bond donors (Lipinski definition) is 3. The number of Topliss-reactive ketones (excluding diaryl/α,β-unsaturated/α-hetero) is 1. The molecule has 2 rings (SSSR count). The third kappa shape index (κ3) is 11.2. The van der Waals surface area contributed by atoms with Crippen LogP contribution in [0.25, 0.3) is 0 Å². The van der Waals surface area contributed by atoms with Crippen LogP contribution in [0.15, 0.2) is 18.2 Å². The third-order valence-electron chi connectivity index (χ3n) is 7.89. The molecule has 1 aliphatic rings. The molecule has 0 unspecified atom stereocenters. The van der Waals surface area contributed by atoms with Crippen molar-refractivity contribution in [3.8, 4) is 5.75 Å². The minimum absolute atomic E-state index is 0.00727. The van der Waals surface area contributed by atoms with Crippen LogP contribution in [0, 0.1) is 23.7 Å². The molecule has 222 valence electrons. The van der Waals surface area contributed by atoms with Gasteiger partial charge in [-0.1, -0.05) is 33.8 Å². The Kier molecular flexibility index (Phi) is 14.4. The number of benzene rings is 1. The maximum absolute atomic E-state index is 13.1. The van der Waals surface area contributed by atoms with Crippen LogP contribution in [0.2, 0.25) is 0 Å². The predicted octanol–water partition coefficient (Wildman–Crippen LogP) is 4.16. The van der Waals surface area contributed by atoms with E-state index in [2.05, 4.69) is 19.2 Å². The zero-order valence-electron chi connectivity index (χ0n) is 24.9. The van der Waals surface area contributed by atoms with Gasteiger partial charge in [0, 0.05) is 51.4 Å². The highest BCUT2D eigenvalue weighted by Crippen LogP contribution is 2.29. The van der Waals surface area contributed by atoms with Gasteiger partial charge < -0.3 is 30.4 Å². The summed E-state index contributed by atoms with van der Waals surface area (Å²) < 4.78 is 16.4. The molecule has 4 atom stereocenters. The van der Waals surface area contributed by atoms with Gasteiger partial charge in [0.25, 0.3) is 0 Å².